The number of benzene rings is 1. The van der Waals surface area contributed by atoms with Crippen LogP contribution in [0.4, 0.5) is 0 Å². The lowest BCUT2D eigenvalue weighted by Gasteiger charge is -2.31. The van der Waals surface area contributed by atoms with Gasteiger partial charge in [0.05, 0.1) is 7.14 Å². The maximum Gasteiger partial charge on any atom is 0.0848 e. The Bertz CT molecular complexity index is 421. The second-order valence-corrected chi connectivity index (χ2v) is 9.63. The second kappa shape index (κ2) is 8.03. The van der Waals surface area contributed by atoms with Crippen LogP contribution >= 0.6 is 7.14 Å². The Morgan fingerprint density at radius 3 is 1.90 bits per heavy atom. The molecule has 20 heavy (non-hydrogen) atoms. The van der Waals surface area contributed by atoms with Gasteiger partial charge in [0.25, 0.3) is 0 Å². The summed E-state index contributed by atoms with van der Waals surface area (Å²) in [6.45, 7) is 10.1. The molecule has 1 aliphatic carbocycles. The van der Waals surface area contributed by atoms with Crippen molar-refractivity contribution in [3.8, 4) is 0 Å². The smallest absolute Gasteiger partial charge is 0.0848 e. The molecule has 1 fully saturated rings. The van der Waals surface area contributed by atoms with E-state index in [-0.39, 0.29) is 0 Å². The molecule has 2 heteroatoms. The summed E-state index contributed by atoms with van der Waals surface area (Å²) in [5, 5.41) is 0. The third kappa shape index (κ3) is 4.77. The lowest BCUT2D eigenvalue weighted by Crippen LogP contribution is -2.17. The highest BCUT2D eigenvalue weighted by Gasteiger charge is 2.29. The Morgan fingerprint density at radius 1 is 1.00 bits per heavy atom. The van der Waals surface area contributed by atoms with Crippen molar-refractivity contribution in [2.45, 2.75) is 64.5 Å². The molecule has 1 aromatic rings. The molecule has 0 aliphatic heterocycles. The lowest BCUT2D eigenvalue weighted by atomic mass is 9.83. The number of hydrogen-bond acceptors (Lipinski definition) is 1. The summed E-state index contributed by atoms with van der Waals surface area (Å²) in [4.78, 5) is 0. The van der Waals surface area contributed by atoms with Gasteiger partial charge >= 0.3 is 0 Å². The molecule has 0 saturated heterocycles. The first-order valence-electron chi connectivity index (χ1n) is 8.14. The van der Waals surface area contributed by atoms with E-state index in [0.29, 0.717) is 11.6 Å². The SMILES string of the molecule is CC.CCc1ccc(C2CCC(P(C)(C)=O)CC2)cc1. The summed E-state index contributed by atoms with van der Waals surface area (Å²) in [6.07, 6.45) is 5.82. The van der Waals surface area contributed by atoms with Crippen molar-refractivity contribution in [3.05, 3.63) is 35.4 Å². The van der Waals surface area contributed by atoms with Gasteiger partial charge in [0, 0.05) is 5.66 Å². The summed E-state index contributed by atoms with van der Waals surface area (Å²) in [5.41, 5.74) is 3.37. The zero-order chi connectivity index (χ0) is 15.2. The summed E-state index contributed by atoms with van der Waals surface area (Å²) in [7, 11) is -1.87. The van der Waals surface area contributed by atoms with Crippen LogP contribution in [-0.4, -0.2) is 19.0 Å². The molecule has 1 saturated carbocycles. The minimum Gasteiger partial charge on any atom is -0.324 e. The maximum absolute atomic E-state index is 12.1. The molecule has 1 aliphatic rings. The molecule has 1 nitrogen and oxygen atoms in total. The van der Waals surface area contributed by atoms with E-state index in [1.807, 2.05) is 27.2 Å². The first-order valence-corrected chi connectivity index (χ1v) is 10.8. The van der Waals surface area contributed by atoms with Crippen molar-refractivity contribution >= 4 is 7.14 Å². The Morgan fingerprint density at radius 2 is 1.50 bits per heavy atom. The molecule has 0 radical (unpaired) electrons. The van der Waals surface area contributed by atoms with Crippen LogP contribution in [0.25, 0.3) is 0 Å². The van der Waals surface area contributed by atoms with Gasteiger partial charge < -0.3 is 4.57 Å². The molecule has 114 valence electrons. The average Bonchev–Trinajstić information content (AvgIpc) is 2.49. The van der Waals surface area contributed by atoms with Gasteiger partial charge in [-0.05, 0) is 62.5 Å². The topological polar surface area (TPSA) is 17.1 Å². The van der Waals surface area contributed by atoms with Crippen LogP contribution in [0.5, 0.6) is 0 Å². The van der Waals surface area contributed by atoms with Crippen LogP contribution in [0.3, 0.4) is 0 Å². The van der Waals surface area contributed by atoms with Crippen LogP contribution < -0.4 is 0 Å². The van der Waals surface area contributed by atoms with Crippen molar-refractivity contribution < 1.29 is 4.57 Å². The Labute approximate surface area is 125 Å². The average molecular weight is 294 g/mol. The second-order valence-electron chi connectivity index (χ2n) is 6.03. The van der Waals surface area contributed by atoms with Crippen LogP contribution in [0.15, 0.2) is 24.3 Å². The van der Waals surface area contributed by atoms with E-state index in [1.165, 1.54) is 24.0 Å². The normalized spacial score (nSPS) is 22.9. The number of hydrogen-bond donors (Lipinski definition) is 0. The van der Waals surface area contributed by atoms with Crippen LogP contribution in [0.1, 0.15) is 63.5 Å². The summed E-state index contributed by atoms with van der Waals surface area (Å²) < 4.78 is 12.1. The fourth-order valence-corrected chi connectivity index (χ4v) is 4.60. The molecule has 0 unspecified atom stereocenters. The predicted molar refractivity (Wildman–Crippen MR) is 91.6 cm³/mol. The standard InChI is InChI=1S/C16H25OP.C2H6/c1-4-13-5-7-14(8-6-13)15-9-11-16(12-10-15)18(2,3)17;1-2/h5-8,15-16H,4,9-12H2,1-3H3;1-2H3. The molecule has 2 rings (SSSR count). The Balaban J connectivity index is 0.000000956. The van der Waals surface area contributed by atoms with E-state index in [9.17, 15) is 4.57 Å². The van der Waals surface area contributed by atoms with Crippen LogP contribution in [0, 0.1) is 0 Å². The molecule has 0 aromatic heterocycles. The molecule has 0 heterocycles. The first kappa shape index (κ1) is 17.5. The van der Waals surface area contributed by atoms with Crippen molar-refractivity contribution in [2.75, 3.05) is 13.3 Å². The minimum absolute atomic E-state index is 0.476. The van der Waals surface area contributed by atoms with Gasteiger partial charge in [-0.15, -0.1) is 0 Å². The number of rotatable bonds is 3. The van der Waals surface area contributed by atoms with Crippen molar-refractivity contribution in [1.29, 1.82) is 0 Å². The molecule has 0 spiro atoms. The van der Waals surface area contributed by atoms with E-state index in [4.69, 9.17) is 0 Å². The molecular formula is C18H31OP. The predicted octanol–water partition coefficient (Wildman–Crippen LogP) is 5.92. The molecule has 0 bridgehead atoms. The minimum atomic E-state index is -1.87. The molecule has 1 aromatic carbocycles. The van der Waals surface area contributed by atoms with Crippen LogP contribution in [-0.2, 0) is 11.0 Å². The fraction of sp³-hybridized carbons (Fsp3) is 0.667. The highest BCUT2D eigenvalue weighted by Crippen LogP contribution is 2.51. The van der Waals surface area contributed by atoms with Gasteiger partial charge in [0.1, 0.15) is 0 Å². The Kier molecular flexibility index (Phi) is 7.03. The first-order chi connectivity index (χ1) is 9.50. The maximum atomic E-state index is 12.1. The quantitative estimate of drug-likeness (QED) is 0.632. The summed E-state index contributed by atoms with van der Waals surface area (Å²) in [6, 6.07) is 9.10. The van der Waals surface area contributed by atoms with E-state index in [0.717, 1.165) is 19.3 Å². The van der Waals surface area contributed by atoms with E-state index in [2.05, 4.69) is 31.2 Å². The van der Waals surface area contributed by atoms with E-state index in [1.54, 1.807) is 0 Å². The van der Waals surface area contributed by atoms with Crippen LogP contribution in [0.2, 0.25) is 0 Å². The lowest BCUT2D eigenvalue weighted by molar-refractivity contribution is 0.437. The monoisotopic (exact) mass is 294 g/mol. The molecule has 0 atom stereocenters. The van der Waals surface area contributed by atoms with Gasteiger partial charge in [0.2, 0.25) is 0 Å². The van der Waals surface area contributed by atoms with E-state index < -0.39 is 7.14 Å². The zero-order valence-corrected chi connectivity index (χ0v) is 14.7. The largest absolute Gasteiger partial charge is 0.324 e. The summed E-state index contributed by atoms with van der Waals surface area (Å²) in [5.74, 6) is 0.693. The van der Waals surface area contributed by atoms with Crippen molar-refractivity contribution in [2.24, 2.45) is 0 Å². The molecular weight excluding hydrogens is 263 g/mol. The molecule has 0 amide bonds. The van der Waals surface area contributed by atoms with Gasteiger partial charge in [-0.3, -0.25) is 0 Å². The fourth-order valence-electron chi connectivity index (χ4n) is 3.06. The summed E-state index contributed by atoms with van der Waals surface area (Å²) >= 11 is 0. The van der Waals surface area contributed by atoms with Gasteiger partial charge in [-0.2, -0.15) is 0 Å². The molecule has 0 N–H and O–H groups in total. The highest BCUT2D eigenvalue weighted by atomic mass is 31.2. The highest BCUT2D eigenvalue weighted by molar-refractivity contribution is 7.63. The van der Waals surface area contributed by atoms with Crippen molar-refractivity contribution in [3.63, 3.8) is 0 Å². The Hall–Kier alpha value is -0.550. The zero-order valence-electron chi connectivity index (χ0n) is 13.9. The van der Waals surface area contributed by atoms with Gasteiger partial charge in [-0.1, -0.05) is 45.0 Å². The number of aryl methyl sites for hydroxylation is 1. The van der Waals surface area contributed by atoms with E-state index >= 15 is 0 Å². The van der Waals surface area contributed by atoms with Crippen molar-refractivity contribution in [1.82, 2.24) is 0 Å². The third-order valence-electron chi connectivity index (χ3n) is 4.44. The van der Waals surface area contributed by atoms with Gasteiger partial charge in [-0.25, -0.2) is 0 Å². The van der Waals surface area contributed by atoms with Gasteiger partial charge in [0.15, 0.2) is 0 Å². The third-order valence-corrected chi connectivity index (χ3v) is 6.71.